The van der Waals surface area contributed by atoms with Gasteiger partial charge in [0, 0.05) is 0 Å². The van der Waals surface area contributed by atoms with Crippen LogP contribution in [0.25, 0.3) is 10.2 Å². The van der Waals surface area contributed by atoms with Gasteiger partial charge in [0.25, 0.3) is 5.91 Å². The number of fused-ring (bicyclic) bond motifs is 1. The first-order valence-electron chi connectivity index (χ1n) is 11.2. The van der Waals surface area contributed by atoms with E-state index in [1.807, 2.05) is 36.4 Å². The number of aliphatic hydroxyl groups is 1. The van der Waals surface area contributed by atoms with Gasteiger partial charge in [0.1, 0.15) is 0 Å². The van der Waals surface area contributed by atoms with Gasteiger partial charge in [0.05, 0.1) is 28.1 Å². The van der Waals surface area contributed by atoms with E-state index in [-0.39, 0.29) is 11.3 Å². The van der Waals surface area contributed by atoms with Gasteiger partial charge in [0.15, 0.2) is 16.7 Å². The Morgan fingerprint density at radius 1 is 1.18 bits per heavy atom. The maximum absolute atomic E-state index is 13.4. The molecule has 0 unspecified atom stereocenters. The van der Waals surface area contributed by atoms with E-state index in [0.717, 1.165) is 22.2 Å². The standard InChI is InChI=1S/C27H24N2O4S/c1-4-16-7-12-19-21(14-16)34-27(28-19)29-23(18-10-8-17(9-11-18)15(2)3)22(25(31)26(29)32)24(30)20-6-5-13-33-20/h5-15,23,31H,4H2,1-3H3/t23-/m1/s1. The number of rotatable bonds is 6. The van der Waals surface area contributed by atoms with Crippen LogP contribution >= 0.6 is 11.3 Å². The molecule has 0 bridgehead atoms. The first-order chi connectivity index (χ1) is 16.4. The Hall–Kier alpha value is -3.71. The summed E-state index contributed by atoms with van der Waals surface area (Å²) in [5, 5.41) is 11.3. The van der Waals surface area contributed by atoms with Crippen LogP contribution < -0.4 is 4.90 Å². The van der Waals surface area contributed by atoms with E-state index in [1.54, 1.807) is 6.07 Å². The quantitative estimate of drug-likeness (QED) is 0.330. The van der Waals surface area contributed by atoms with Crippen molar-refractivity contribution in [3.8, 4) is 0 Å². The van der Waals surface area contributed by atoms with Crippen LogP contribution in [0.3, 0.4) is 0 Å². The normalized spacial score (nSPS) is 16.3. The summed E-state index contributed by atoms with van der Waals surface area (Å²) >= 11 is 1.37. The smallest absolute Gasteiger partial charge is 0.296 e. The Kier molecular flexibility index (Phi) is 5.57. The molecule has 2 aromatic heterocycles. The van der Waals surface area contributed by atoms with E-state index in [0.29, 0.717) is 16.6 Å². The van der Waals surface area contributed by atoms with Crippen molar-refractivity contribution >= 4 is 38.4 Å². The lowest BCUT2D eigenvalue weighted by Gasteiger charge is -2.24. The highest BCUT2D eigenvalue weighted by Gasteiger charge is 2.46. The Bertz CT molecular complexity index is 1410. The van der Waals surface area contributed by atoms with E-state index in [4.69, 9.17) is 4.42 Å². The van der Waals surface area contributed by atoms with Crippen LogP contribution in [0, 0.1) is 0 Å². The second kappa shape index (κ2) is 8.57. The monoisotopic (exact) mass is 472 g/mol. The molecule has 3 heterocycles. The Morgan fingerprint density at radius 2 is 1.94 bits per heavy atom. The van der Waals surface area contributed by atoms with Crippen LogP contribution in [0.2, 0.25) is 0 Å². The third-order valence-corrected chi connectivity index (χ3v) is 7.19. The van der Waals surface area contributed by atoms with Gasteiger partial charge in [-0.05, 0) is 53.3 Å². The van der Waals surface area contributed by atoms with Crippen molar-refractivity contribution in [2.24, 2.45) is 0 Å². The molecule has 1 aliphatic rings. The largest absolute Gasteiger partial charge is 0.503 e. The molecule has 0 saturated heterocycles. The molecule has 0 saturated carbocycles. The molecule has 0 radical (unpaired) electrons. The maximum Gasteiger partial charge on any atom is 0.296 e. The highest BCUT2D eigenvalue weighted by molar-refractivity contribution is 7.22. The number of hydrogen-bond acceptors (Lipinski definition) is 6. The zero-order valence-corrected chi connectivity index (χ0v) is 19.9. The third-order valence-electron chi connectivity index (χ3n) is 6.17. The molecule has 0 aliphatic carbocycles. The van der Waals surface area contributed by atoms with Gasteiger partial charge in [0.2, 0.25) is 5.78 Å². The molecule has 4 aromatic rings. The van der Waals surface area contributed by atoms with Gasteiger partial charge < -0.3 is 9.52 Å². The van der Waals surface area contributed by atoms with E-state index in [1.165, 1.54) is 34.1 Å². The van der Waals surface area contributed by atoms with Gasteiger partial charge in [-0.15, -0.1) is 0 Å². The number of aliphatic hydroxyl groups excluding tert-OH is 1. The van der Waals surface area contributed by atoms with E-state index in [2.05, 4.69) is 31.8 Å². The first-order valence-corrected chi connectivity index (χ1v) is 12.0. The van der Waals surface area contributed by atoms with Crippen molar-refractivity contribution in [1.82, 2.24) is 4.98 Å². The van der Waals surface area contributed by atoms with Crippen LogP contribution in [0.15, 0.2) is 76.6 Å². The minimum atomic E-state index is -0.822. The number of carbonyl (C=O) groups is 2. The SMILES string of the molecule is CCc1ccc2nc(N3C(=O)C(O)=C(C(=O)c4ccco4)[C@H]3c3ccc(C(C)C)cc3)sc2c1. The molecule has 0 fully saturated rings. The van der Waals surface area contributed by atoms with Crippen LogP contribution in [0.1, 0.15) is 60.0 Å². The molecule has 1 N–H and O–H groups in total. The predicted octanol–water partition coefficient (Wildman–Crippen LogP) is 6.36. The van der Waals surface area contributed by atoms with Gasteiger partial charge in [-0.1, -0.05) is 62.4 Å². The lowest BCUT2D eigenvalue weighted by atomic mass is 9.93. The minimum Gasteiger partial charge on any atom is -0.503 e. The van der Waals surface area contributed by atoms with Crippen LogP contribution in [0.5, 0.6) is 0 Å². The molecule has 1 aliphatic heterocycles. The molecule has 0 spiro atoms. The molecule has 6 nitrogen and oxygen atoms in total. The molecular weight excluding hydrogens is 448 g/mol. The highest BCUT2D eigenvalue weighted by Crippen LogP contribution is 2.44. The topological polar surface area (TPSA) is 83.6 Å². The molecular formula is C27H24N2O4S. The second-order valence-electron chi connectivity index (χ2n) is 8.62. The molecule has 1 atom stereocenters. The van der Waals surface area contributed by atoms with Crippen molar-refractivity contribution in [3.05, 3.63) is 94.6 Å². The summed E-state index contributed by atoms with van der Waals surface area (Å²) in [6.07, 6.45) is 2.28. The van der Waals surface area contributed by atoms with Crippen molar-refractivity contribution < 1.29 is 19.1 Å². The second-order valence-corrected chi connectivity index (χ2v) is 9.63. The average molecular weight is 473 g/mol. The number of aryl methyl sites for hydroxylation is 1. The van der Waals surface area contributed by atoms with Crippen molar-refractivity contribution in [3.63, 3.8) is 0 Å². The summed E-state index contributed by atoms with van der Waals surface area (Å²) in [6, 6.07) is 16.1. The van der Waals surface area contributed by atoms with Crippen molar-refractivity contribution in [1.29, 1.82) is 0 Å². The number of nitrogens with zero attached hydrogens (tertiary/aromatic N) is 2. The van der Waals surface area contributed by atoms with Gasteiger partial charge in [-0.3, -0.25) is 14.5 Å². The third kappa shape index (κ3) is 3.62. The first kappa shape index (κ1) is 22.1. The zero-order chi connectivity index (χ0) is 24.0. The van der Waals surface area contributed by atoms with Gasteiger partial charge in [-0.2, -0.15) is 0 Å². The molecule has 34 heavy (non-hydrogen) atoms. The summed E-state index contributed by atoms with van der Waals surface area (Å²) in [6.45, 7) is 6.28. The van der Waals surface area contributed by atoms with Crippen LogP contribution in [-0.4, -0.2) is 21.8 Å². The average Bonchev–Trinajstić information content (AvgIpc) is 3.57. The fourth-order valence-corrected chi connectivity index (χ4v) is 5.29. The van der Waals surface area contributed by atoms with E-state index < -0.39 is 23.5 Å². The molecule has 2 aromatic carbocycles. The predicted molar refractivity (Wildman–Crippen MR) is 132 cm³/mol. The number of benzene rings is 2. The van der Waals surface area contributed by atoms with Crippen LogP contribution in [0.4, 0.5) is 5.13 Å². The highest BCUT2D eigenvalue weighted by atomic mass is 32.1. The minimum absolute atomic E-state index is 0.00856. The molecule has 1 amide bonds. The van der Waals surface area contributed by atoms with Gasteiger partial charge in [-0.25, -0.2) is 4.98 Å². The number of amides is 1. The van der Waals surface area contributed by atoms with E-state index >= 15 is 0 Å². The Labute approximate surface area is 201 Å². The number of Topliss-reactive ketones (excluding diaryl/α,β-unsaturated/α-hetero) is 1. The number of anilines is 1. The van der Waals surface area contributed by atoms with Crippen molar-refractivity contribution in [2.45, 2.75) is 39.2 Å². The van der Waals surface area contributed by atoms with Gasteiger partial charge >= 0.3 is 0 Å². The fraction of sp³-hybridized carbons (Fsp3) is 0.222. The van der Waals surface area contributed by atoms with Crippen molar-refractivity contribution in [2.75, 3.05) is 4.90 Å². The number of aromatic nitrogens is 1. The Morgan fingerprint density at radius 3 is 2.59 bits per heavy atom. The summed E-state index contributed by atoms with van der Waals surface area (Å²) in [5.41, 5.74) is 3.78. The summed E-state index contributed by atoms with van der Waals surface area (Å²) in [4.78, 5) is 32.8. The summed E-state index contributed by atoms with van der Waals surface area (Å²) in [7, 11) is 0. The fourth-order valence-electron chi connectivity index (χ4n) is 4.23. The maximum atomic E-state index is 13.4. The lowest BCUT2D eigenvalue weighted by molar-refractivity contribution is -0.117. The van der Waals surface area contributed by atoms with E-state index in [9.17, 15) is 14.7 Å². The number of ketones is 1. The number of hydrogen-bond donors (Lipinski definition) is 1. The summed E-state index contributed by atoms with van der Waals surface area (Å²) in [5.74, 6) is -1.35. The number of thiazole rings is 1. The molecule has 5 rings (SSSR count). The number of furan rings is 1. The Balaban J connectivity index is 1.66. The zero-order valence-electron chi connectivity index (χ0n) is 19.1. The molecule has 172 valence electrons. The number of carbonyl (C=O) groups excluding carboxylic acids is 2. The molecule has 7 heteroatoms. The summed E-state index contributed by atoms with van der Waals surface area (Å²) < 4.78 is 6.25. The lowest BCUT2D eigenvalue weighted by Crippen LogP contribution is -2.31. The van der Waals surface area contributed by atoms with Crippen LogP contribution in [-0.2, 0) is 11.2 Å².